The molecule has 0 aliphatic rings. The van der Waals surface area contributed by atoms with Crippen molar-refractivity contribution in [3.8, 4) is 0 Å². The van der Waals surface area contributed by atoms with Crippen molar-refractivity contribution < 1.29 is 22.4 Å². The number of ketones is 1. The predicted molar refractivity (Wildman–Crippen MR) is 53.8 cm³/mol. The number of carbonyl (C=O) groups is 1. The summed E-state index contributed by atoms with van der Waals surface area (Å²) in [6.45, 7) is 0. The van der Waals surface area contributed by atoms with E-state index in [0.717, 1.165) is 6.07 Å². The maximum absolute atomic E-state index is 12.8. The summed E-state index contributed by atoms with van der Waals surface area (Å²) in [5, 5.41) is 0. The lowest BCUT2D eigenvalue weighted by Crippen LogP contribution is -2.36. The summed E-state index contributed by atoms with van der Waals surface area (Å²) >= 11 is 0. The molecule has 1 atom stereocenters. The molecule has 17 heavy (non-hydrogen) atoms. The topological polar surface area (TPSA) is 43.1 Å². The highest BCUT2D eigenvalue weighted by atomic mass is 19.4. The lowest BCUT2D eigenvalue weighted by atomic mass is 10.0. The largest absolute Gasteiger partial charge is 0.391 e. The van der Waals surface area contributed by atoms with E-state index in [-0.39, 0.29) is 6.42 Å². The smallest absolute Gasteiger partial charge is 0.321 e. The van der Waals surface area contributed by atoms with Gasteiger partial charge in [0.2, 0.25) is 0 Å². The fraction of sp³-hybridized carbons (Fsp3) is 0.364. The predicted octanol–water partition coefficient (Wildman–Crippen LogP) is 2.22. The summed E-state index contributed by atoms with van der Waals surface area (Å²) < 4.78 is 48.7. The number of halogens is 4. The number of benzene rings is 1. The van der Waals surface area contributed by atoms with Gasteiger partial charge in [-0.15, -0.1) is 0 Å². The molecular formula is C11H11F4NO. The first-order valence-corrected chi connectivity index (χ1v) is 4.87. The van der Waals surface area contributed by atoms with E-state index < -0.39 is 30.2 Å². The number of alkyl halides is 3. The van der Waals surface area contributed by atoms with Gasteiger partial charge in [-0.1, -0.05) is 12.1 Å². The molecule has 0 aliphatic carbocycles. The first kappa shape index (κ1) is 13.6. The van der Waals surface area contributed by atoms with Crippen LogP contribution < -0.4 is 5.73 Å². The molecule has 0 bridgehead atoms. The molecule has 0 aliphatic heterocycles. The summed E-state index contributed by atoms with van der Waals surface area (Å²) in [7, 11) is 0. The first-order valence-electron chi connectivity index (χ1n) is 4.87. The van der Waals surface area contributed by atoms with Crippen molar-refractivity contribution in [3.63, 3.8) is 0 Å². The van der Waals surface area contributed by atoms with E-state index in [1.54, 1.807) is 0 Å². The van der Waals surface area contributed by atoms with Gasteiger partial charge in [-0.05, 0) is 17.7 Å². The molecule has 0 radical (unpaired) electrons. The van der Waals surface area contributed by atoms with Crippen LogP contribution >= 0.6 is 0 Å². The van der Waals surface area contributed by atoms with E-state index in [0.29, 0.717) is 5.56 Å². The van der Waals surface area contributed by atoms with Gasteiger partial charge in [0.15, 0.2) is 5.78 Å². The van der Waals surface area contributed by atoms with Crippen LogP contribution in [0.4, 0.5) is 17.6 Å². The van der Waals surface area contributed by atoms with Gasteiger partial charge in [-0.2, -0.15) is 13.2 Å². The van der Waals surface area contributed by atoms with E-state index in [1.807, 2.05) is 0 Å². The van der Waals surface area contributed by atoms with Crippen molar-refractivity contribution >= 4 is 5.78 Å². The second kappa shape index (κ2) is 5.27. The van der Waals surface area contributed by atoms with Gasteiger partial charge in [0, 0.05) is 6.42 Å². The molecule has 1 rings (SSSR count). The molecule has 2 N–H and O–H groups in total. The third kappa shape index (κ3) is 4.95. The number of carbonyl (C=O) groups excluding carboxylic acids is 1. The number of hydrogen-bond acceptors (Lipinski definition) is 2. The fourth-order valence-electron chi connectivity index (χ4n) is 1.34. The Balaban J connectivity index is 2.60. The minimum atomic E-state index is -4.48. The number of Topliss-reactive ketones (excluding diaryl/α,β-unsaturated/α-hetero) is 1. The van der Waals surface area contributed by atoms with Crippen LogP contribution in [0.5, 0.6) is 0 Å². The van der Waals surface area contributed by atoms with Gasteiger partial charge in [0.1, 0.15) is 5.82 Å². The number of rotatable bonds is 4. The quantitative estimate of drug-likeness (QED) is 0.831. The molecule has 94 valence electrons. The lowest BCUT2D eigenvalue weighted by Gasteiger charge is -2.12. The first-order chi connectivity index (χ1) is 7.78. The lowest BCUT2D eigenvalue weighted by molar-refractivity contribution is -0.146. The van der Waals surface area contributed by atoms with Crippen LogP contribution in [0.1, 0.15) is 12.0 Å². The van der Waals surface area contributed by atoms with Crippen molar-refractivity contribution in [1.29, 1.82) is 0 Å². The molecule has 0 aromatic heterocycles. The van der Waals surface area contributed by atoms with Crippen molar-refractivity contribution in [3.05, 3.63) is 35.6 Å². The van der Waals surface area contributed by atoms with E-state index in [1.165, 1.54) is 18.2 Å². The van der Waals surface area contributed by atoms with Gasteiger partial charge in [-0.3, -0.25) is 4.79 Å². The van der Waals surface area contributed by atoms with Gasteiger partial charge in [0.25, 0.3) is 0 Å². The molecule has 1 aromatic carbocycles. The average molecular weight is 249 g/mol. The Bertz CT molecular complexity index is 403. The summed E-state index contributed by atoms with van der Waals surface area (Å²) in [6.07, 6.45) is -6.13. The molecule has 2 nitrogen and oxygen atoms in total. The second-order valence-electron chi connectivity index (χ2n) is 3.70. The number of nitrogens with two attached hydrogens (primary N) is 1. The van der Waals surface area contributed by atoms with Crippen molar-refractivity contribution in [2.75, 3.05) is 0 Å². The average Bonchev–Trinajstić information content (AvgIpc) is 2.14. The van der Waals surface area contributed by atoms with Crippen LogP contribution in [-0.4, -0.2) is 18.0 Å². The van der Waals surface area contributed by atoms with E-state index >= 15 is 0 Å². The van der Waals surface area contributed by atoms with Crippen LogP contribution in [0.25, 0.3) is 0 Å². The Kier molecular flexibility index (Phi) is 4.22. The zero-order chi connectivity index (χ0) is 13.1. The van der Waals surface area contributed by atoms with Crippen LogP contribution in [0.15, 0.2) is 24.3 Å². The molecule has 1 unspecified atom stereocenters. The zero-order valence-electron chi connectivity index (χ0n) is 8.80. The minimum absolute atomic E-state index is 0.297. The molecule has 0 fully saturated rings. The van der Waals surface area contributed by atoms with Gasteiger partial charge >= 0.3 is 6.18 Å². The van der Waals surface area contributed by atoms with E-state index in [9.17, 15) is 22.4 Å². The maximum Gasteiger partial charge on any atom is 0.391 e. The monoisotopic (exact) mass is 249 g/mol. The molecule has 0 heterocycles. The minimum Gasteiger partial charge on any atom is -0.321 e. The van der Waals surface area contributed by atoms with Crippen LogP contribution in [-0.2, 0) is 11.2 Å². The Morgan fingerprint density at radius 2 is 2.00 bits per heavy atom. The van der Waals surface area contributed by atoms with Crippen LogP contribution in [0.3, 0.4) is 0 Å². The van der Waals surface area contributed by atoms with Gasteiger partial charge in [0.05, 0.1) is 12.5 Å². The van der Waals surface area contributed by atoms with Crippen LogP contribution in [0, 0.1) is 5.82 Å². The molecule has 0 saturated carbocycles. The Hall–Kier alpha value is -1.43. The van der Waals surface area contributed by atoms with E-state index in [2.05, 4.69) is 0 Å². The zero-order valence-corrected chi connectivity index (χ0v) is 8.80. The Morgan fingerprint density at radius 1 is 1.35 bits per heavy atom. The third-order valence-electron chi connectivity index (χ3n) is 2.13. The number of hydrogen-bond donors (Lipinski definition) is 1. The molecule has 6 heteroatoms. The second-order valence-corrected chi connectivity index (χ2v) is 3.70. The van der Waals surface area contributed by atoms with Crippen molar-refractivity contribution in [2.24, 2.45) is 5.73 Å². The third-order valence-corrected chi connectivity index (χ3v) is 2.13. The molecule has 0 amide bonds. The van der Waals surface area contributed by atoms with Gasteiger partial charge in [-0.25, -0.2) is 4.39 Å². The summed E-state index contributed by atoms with van der Waals surface area (Å²) in [4.78, 5) is 11.4. The van der Waals surface area contributed by atoms with Crippen molar-refractivity contribution in [2.45, 2.75) is 25.1 Å². The Labute approximate surface area is 95.4 Å². The van der Waals surface area contributed by atoms with E-state index in [4.69, 9.17) is 5.73 Å². The highest BCUT2D eigenvalue weighted by Crippen LogP contribution is 2.21. The molecular weight excluding hydrogens is 238 g/mol. The Morgan fingerprint density at radius 3 is 2.53 bits per heavy atom. The maximum atomic E-state index is 12.8. The molecule has 0 saturated heterocycles. The summed E-state index contributed by atoms with van der Waals surface area (Å²) in [6, 6.07) is 3.52. The highest BCUT2D eigenvalue weighted by molar-refractivity contribution is 5.85. The van der Waals surface area contributed by atoms with Crippen LogP contribution in [0.2, 0.25) is 0 Å². The highest BCUT2D eigenvalue weighted by Gasteiger charge is 2.33. The standard InChI is InChI=1S/C11H11F4NO/c12-8-3-1-2-7(4-8)5-10(17)9(16)6-11(13,14)15/h1-4,9H,5-6,16H2. The molecule has 1 aromatic rings. The SMILES string of the molecule is NC(CC(F)(F)F)C(=O)Cc1cccc(F)c1. The summed E-state index contributed by atoms with van der Waals surface area (Å²) in [5.41, 5.74) is 5.44. The van der Waals surface area contributed by atoms with Crippen molar-refractivity contribution in [1.82, 2.24) is 0 Å². The summed E-state index contributed by atoms with van der Waals surface area (Å²) in [5.74, 6) is -1.30. The normalized spacial score (nSPS) is 13.5. The van der Waals surface area contributed by atoms with Gasteiger partial charge < -0.3 is 5.73 Å². The molecule has 0 spiro atoms. The fourth-order valence-corrected chi connectivity index (χ4v) is 1.34.